The number of anilines is 1. The first-order chi connectivity index (χ1) is 9.47. The topological polar surface area (TPSA) is 55.2 Å². The quantitative estimate of drug-likeness (QED) is 0.625. The van der Waals surface area contributed by atoms with E-state index < -0.39 is 4.92 Å². The Morgan fingerprint density at radius 1 is 1.30 bits per heavy atom. The van der Waals surface area contributed by atoms with Crippen LogP contribution < -0.4 is 5.32 Å². The summed E-state index contributed by atoms with van der Waals surface area (Å²) in [6, 6.07) is 10.5. The molecule has 0 radical (unpaired) electrons. The van der Waals surface area contributed by atoms with Crippen molar-refractivity contribution in [2.75, 3.05) is 5.32 Å². The summed E-state index contributed by atoms with van der Waals surface area (Å²) >= 11 is 9.46. The molecule has 0 aromatic heterocycles. The summed E-state index contributed by atoms with van der Waals surface area (Å²) in [5.41, 5.74) is 2.39. The standard InChI is InChI=1S/C14H12BrClN2O2/c1-9-2-5-14(18(19)20)13(6-9)17-8-10-3-4-11(15)7-12(10)16/h2-7,17H,8H2,1H3. The van der Waals surface area contributed by atoms with Crippen molar-refractivity contribution >= 4 is 38.9 Å². The molecule has 2 rings (SSSR count). The van der Waals surface area contributed by atoms with Gasteiger partial charge in [0.15, 0.2) is 0 Å². The number of nitrogens with one attached hydrogen (secondary N) is 1. The molecule has 0 saturated carbocycles. The van der Waals surface area contributed by atoms with Gasteiger partial charge in [-0.3, -0.25) is 10.1 Å². The van der Waals surface area contributed by atoms with E-state index in [0.717, 1.165) is 15.6 Å². The molecule has 0 bridgehead atoms. The van der Waals surface area contributed by atoms with Gasteiger partial charge in [0.25, 0.3) is 5.69 Å². The van der Waals surface area contributed by atoms with E-state index in [-0.39, 0.29) is 5.69 Å². The Morgan fingerprint density at radius 2 is 2.05 bits per heavy atom. The van der Waals surface area contributed by atoms with Crippen LogP contribution in [0.1, 0.15) is 11.1 Å². The van der Waals surface area contributed by atoms with Gasteiger partial charge in [0, 0.05) is 22.1 Å². The number of hydrogen-bond donors (Lipinski definition) is 1. The maximum absolute atomic E-state index is 11.0. The van der Waals surface area contributed by atoms with Gasteiger partial charge in [0.05, 0.1) is 4.92 Å². The second kappa shape index (κ2) is 6.24. The van der Waals surface area contributed by atoms with Crippen molar-refractivity contribution in [2.45, 2.75) is 13.5 Å². The van der Waals surface area contributed by atoms with E-state index in [0.29, 0.717) is 17.3 Å². The zero-order valence-electron chi connectivity index (χ0n) is 10.7. The molecule has 0 amide bonds. The predicted octanol–water partition coefficient (Wildman–Crippen LogP) is 4.93. The molecule has 20 heavy (non-hydrogen) atoms. The molecule has 6 heteroatoms. The molecule has 2 aromatic rings. The fourth-order valence-corrected chi connectivity index (χ4v) is 2.55. The summed E-state index contributed by atoms with van der Waals surface area (Å²) in [7, 11) is 0. The van der Waals surface area contributed by atoms with Crippen LogP contribution in [0.4, 0.5) is 11.4 Å². The summed E-state index contributed by atoms with van der Waals surface area (Å²) in [5.74, 6) is 0. The number of hydrogen-bond acceptors (Lipinski definition) is 3. The number of nitro benzene ring substituents is 1. The molecular formula is C14H12BrClN2O2. The first-order valence-corrected chi connectivity index (χ1v) is 7.07. The zero-order chi connectivity index (χ0) is 14.7. The maximum Gasteiger partial charge on any atom is 0.292 e. The minimum absolute atomic E-state index is 0.0591. The Hall–Kier alpha value is -1.59. The lowest BCUT2D eigenvalue weighted by Gasteiger charge is -2.09. The summed E-state index contributed by atoms with van der Waals surface area (Å²) in [6.45, 7) is 2.32. The maximum atomic E-state index is 11.0. The number of rotatable bonds is 4. The molecule has 0 aliphatic carbocycles. The van der Waals surface area contributed by atoms with Gasteiger partial charge in [-0.2, -0.15) is 0 Å². The molecule has 2 aromatic carbocycles. The fraction of sp³-hybridized carbons (Fsp3) is 0.143. The molecule has 0 heterocycles. The van der Waals surface area contributed by atoms with Crippen LogP contribution in [0.25, 0.3) is 0 Å². The van der Waals surface area contributed by atoms with Crippen LogP contribution in [-0.2, 0) is 6.54 Å². The van der Waals surface area contributed by atoms with Crippen molar-refractivity contribution in [2.24, 2.45) is 0 Å². The highest BCUT2D eigenvalue weighted by atomic mass is 79.9. The molecule has 0 aliphatic rings. The third-order valence-electron chi connectivity index (χ3n) is 2.83. The van der Waals surface area contributed by atoms with Crippen LogP contribution in [0, 0.1) is 17.0 Å². The van der Waals surface area contributed by atoms with Crippen LogP contribution in [0.3, 0.4) is 0 Å². The van der Waals surface area contributed by atoms with Crippen LogP contribution in [0.2, 0.25) is 5.02 Å². The van der Waals surface area contributed by atoms with Crippen LogP contribution in [0.5, 0.6) is 0 Å². The van der Waals surface area contributed by atoms with E-state index in [1.54, 1.807) is 18.2 Å². The molecule has 1 N–H and O–H groups in total. The Balaban J connectivity index is 2.22. The average molecular weight is 356 g/mol. The van der Waals surface area contributed by atoms with Crippen molar-refractivity contribution in [3.63, 3.8) is 0 Å². The Kier molecular flexibility index (Phi) is 4.62. The van der Waals surface area contributed by atoms with E-state index in [1.807, 2.05) is 19.1 Å². The summed E-state index contributed by atoms with van der Waals surface area (Å²) in [6.07, 6.45) is 0. The van der Waals surface area contributed by atoms with Crippen molar-refractivity contribution in [1.29, 1.82) is 0 Å². The van der Waals surface area contributed by atoms with Crippen molar-refractivity contribution in [1.82, 2.24) is 0 Å². The average Bonchev–Trinajstić information content (AvgIpc) is 2.37. The van der Waals surface area contributed by atoms with Gasteiger partial charge in [-0.25, -0.2) is 0 Å². The first kappa shape index (κ1) is 14.8. The van der Waals surface area contributed by atoms with Gasteiger partial charge >= 0.3 is 0 Å². The molecule has 0 unspecified atom stereocenters. The van der Waals surface area contributed by atoms with E-state index in [1.165, 1.54) is 6.07 Å². The van der Waals surface area contributed by atoms with Gasteiger partial charge in [-0.15, -0.1) is 0 Å². The largest absolute Gasteiger partial charge is 0.375 e. The molecule has 0 aliphatic heterocycles. The molecular weight excluding hydrogens is 344 g/mol. The monoisotopic (exact) mass is 354 g/mol. The Morgan fingerprint density at radius 3 is 2.70 bits per heavy atom. The summed E-state index contributed by atoms with van der Waals surface area (Å²) in [4.78, 5) is 10.6. The van der Waals surface area contributed by atoms with Crippen LogP contribution in [-0.4, -0.2) is 4.92 Å². The van der Waals surface area contributed by atoms with Gasteiger partial charge in [-0.1, -0.05) is 39.7 Å². The molecule has 104 valence electrons. The molecule has 0 spiro atoms. The van der Waals surface area contributed by atoms with E-state index >= 15 is 0 Å². The molecule has 4 nitrogen and oxygen atoms in total. The normalized spacial score (nSPS) is 10.3. The minimum atomic E-state index is -0.398. The zero-order valence-corrected chi connectivity index (χ0v) is 13.0. The lowest BCUT2D eigenvalue weighted by molar-refractivity contribution is -0.384. The smallest absolute Gasteiger partial charge is 0.292 e. The lowest BCUT2D eigenvalue weighted by atomic mass is 10.1. The third kappa shape index (κ3) is 3.49. The van der Waals surface area contributed by atoms with Crippen LogP contribution >= 0.6 is 27.5 Å². The van der Waals surface area contributed by atoms with Crippen molar-refractivity contribution < 1.29 is 4.92 Å². The Bertz CT molecular complexity index is 662. The summed E-state index contributed by atoms with van der Waals surface area (Å²) in [5, 5.41) is 14.7. The predicted molar refractivity (Wildman–Crippen MR) is 84.3 cm³/mol. The number of halogens is 2. The van der Waals surface area contributed by atoms with E-state index in [9.17, 15) is 10.1 Å². The second-order valence-electron chi connectivity index (χ2n) is 4.37. The number of aryl methyl sites for hydroxylation is 1. The molecule has 0 saturated heterocycles. The fourth-order valence-electron chi connectivity index (χ4n) is 1.81. The van der Waals surface area contributed by atoms with E-state index in [2.05, 4.69) is 21.2 Å². The van der Waals surface area contributed by atoms with E-state index in [4.69, 9.17) is 11.6 Å². The second-order valence-corrected chi connectivity index (χ2v) is 5.69. The van der Waals surface area contributed by atoms with Crippen molar-refractivity contribution in [3.8, 4) is 0 Å². The molecule has 0 fully saturated rings. The molecule has 0 atom stereocenters. The summed E-state index contributed by atoms with van der Waals surface area (Å²) < 4.78 is 0.896. The van der Waals surface area contributed by atoms with Gasteiger partial charge in [0.1, 0.15) is 5.69 Å². The highest BCUT2D eigenvalue weighted by Gasteiger charge is 2.13. The van der Waals surface area contributed by atoms with Gasteiger partial charge < -0.3 is 5.32 Å². The number of nitrogens with zero attached hydrogens (tertiary/aromatic N) is 1. The highest BCUT2D eigenvalue weighted by molar-refractivity contribution is 9.10. The third-order valence-corrected chi connectivity index (χ3v) is 3.68. The minimum Gasteiger partial charge on any atom is -0.375 e. The van der Waals surface area contributed by atoms with Gasteiger partial charge in [-0.05, 0) is 36.2 Å². The van der Waals surface area contributed by atoms with Crippen molar-refractivity contribution in [3.05, 3.63) is 67.1 Å². The SMILES string of the molecule is Cc1ccc([N+](=O)[O-])c(NCc2ccc(Br)cc2Cl)c1. The number of benzene rings is 2. The first-order valence-electron chi connectivity index (χ1n) is 5.90. The highest BCUT2D eigenvalue weighted by Crippen LogP contribution is 2.27. The Labute approximate surface area is 130 Å². The number of nitro groups is 1. The lowest BCUT2D eigenvalue weighted by Crippen LogP contribution is -2.03. The van der Waals surface area contributed by atoms with Crippen LogP contribution in [0.15, 0.2) is 40.9 Å². The van der Waals surface area contributed by atoms with Gasteiger partial charge in [0.2, 0.25) is 0 Å².